The number of rotatable bonds is 91. The Balaban J connectivity index is 5.22. The molecule has 648 valence electrons. The first kappa shape index (κ1) is 107. The van der Waals surface area contributed by atoms with Crippen LogP contribution in [0.1, 0.15) is 496 Å². The summed E-state index contributed by atoms with van der Waals surface area (Å²) < 4.78 is 69.0. The van der Waals surface area contributed by atoms with E-state index in [0.29, 0.717) is 25.7 Å². The van der Waals surface area contributed by atoms with Crippen molar-refractivity contribution < 1.29 is 80.2 Å². The van der Waals surface area contributed by atoms with Crippen LogP contribution >= 0.6 is 15.6 Å². The Hall–Kier alpha value is -1.94. The summed E-state index contributed by atoms with van der Waals surface area (Å²) in [5.41, 5.74) is 0. The van der Waals surface area contributed by atoms with Crippen molar-refractivity contribution in [3.63, 3.8) is 0 Å². The molecule has 0 spiro atoms. The molecule has 3 N–H and O–H groups in total. The second kappa shape index (κ2) is 84.0. The van der Waals surface area contributed by atoms with E-state index in [9.17, 15) is 43.2 Å². The van der Waals surface area contributed by atoms with E-state index in [0.717, 1.165) is 89.9 Å². The second-order valence-corrected chi connectivity index (χ2v) is 35.3. The van der Waals surface area contributed by atoms with E-state index in [4.69, 9.17) is 37.0 Å². The van der Waals surface area contributed by atoms with Crippen molar-refractivity contribution >= 4 is 39.5 Å². The molecule has 109 heavy (non-hydrogen) atoms. The number of ether oxygens (including phenoxy) is 4. The fourth-order valence-corrected chi connectivity index (χ4v) is 15.8. The van der Waals surface area contributed by atoms with Crippen LogP contribution in [0.4, 0.5) is 0 Å². The van der Waals surface area contributed by atoms with Crippen LogP contribution in [0.5, 0.6) is 0 Å². The van der Waals surface area contributed by atoms with Gasteiger partial charge < -0.3 is 33.8 Å². The largest absolute Gasteiger partial charge is 0.472 e. The Kier molecular flexibility index (Phi) is 82.5. The maximum atomic E-state index is 13.2. The molecule has 0 rings (SSSR count). The van der Waals surface area contributed by atoms with Gasteiger partial charge in [-0.05, 0) is 25.7 Å². The Morgan fingerprint density at radius 1 is 0.220 bits per heavy atom. The summed E-state index contributed by atoms with van der Waals surface area (Å²) in [5.74, 6) is -2.09. The lowest BCUT2D eigenvalue weighted by molar-refractivity contribution is -0.161. The third-order valence-corrected chi connectivity index (χ3v) is 23.3. The molecule has 0 aromatic rings. The molecule has 0 heterocycles. The van der Waals surface area contributed by atoms with Gasteiger partial charge in [-0.15, -0.1) is 0 Å². The van der Waals surface area contributed by atoms with Crippen LogP contribution in [-0.4, -0.2) is 96.7 Å². The lowest BCUT2D eigenvalue weighted by atomic mass is 10.0. The van der Waals surface area contributed by atoms with Crippen LogP contribution in [-0.2, 0) is 65.4 Å². The highest BCUT2D eigenvalue weighted by Gasteiger charge is 2.30. The summed E-state index contributed by atoms with van der Waals surface area (Å²) in [6.07, 6.45) is 80.7. The molecule has 0 amide bonds. The van der Waals surface area contributed by atoms with E-state index < -0.39 is 97.5 Å². The van der Waals surface area contributed by atoms with Gasteiger partial charge >= 0.3 is 39.5 Å². The van der Waals surface area contributed by atoms with Gasteiger partial charge in [0, 0.05) is 25.7 Å². The first-order chi connectivity index (χ1) is 53.2. The summed E-state index contributed by atoms with van der Waals surface area (Å²) in [6.45, 7) is 5.08. The number of hydrogen-bond acceptors (Lipinski definition) is 15. The van der Waals surface area contributed by atoms with Crippen LogP contribution < -0.4 is 0 Å². The van der Waals surface area contributed by atoms with Crippen molar-refractivity contribution in [3.8, 4) is 0 Å². The van der Waals surface area contributed by atoms with Crippen LogP contribution in [0.3, 0.4) is 0 Å². The number of carbonyl (C=O) groups excluding carboxylic acids is 4. The maximum Gasteiger partial charge on any atom is 0.472 e. The van der Waals surface area contributed by atoms with Crippen LogP contribution in [0.15, 0.2) is 0 Å². The third kappa shape index (κ3) is 83.8. The highest BCUT2D eigenvalue weighted by molar-refractivity contribution is 7.47. The van der Waals surface area contributed by atoms with E-state index in [-0.39, 0.29) is 25.7 Å². The highest BCUT2D eigenvalue weighted by Crippen LogP contribution is 2.45. The van der Waals surface area contributed by atoms with E-state index in [1.807, 2.05) is 0 Å². The Morgan fingerprint density at radius 2 is 0.367 bits per heavy atom. The molecule has 0 saturated carbocycles. The van der Waals surface area contributed by atoms with Crippen molar-refractivity contribution in [2.45, 2.75) is 515 Å². The van der Waals surface area contributed by atoms with E-state index in [1.54, 1.807) is 0 Å². The van der Waals surface area contributed by atoms with Crippen LogP contribution in [0.25, 0.3) is 0 Å². The number of aliphatic hydroxyl groups excluding tert-OH is 1. The average Bonchev–Trinajstić information content (AvgIpc) is 0.896. The first-order valence-corrected chi connectivity index (χ1v) is 49.8. The minimum absolute atomic E-state index is 0.109. The van der Waals surface area contributed by atoms with Crippen molar-refractivity contribution in [2.24, 2.45) is 0 Å². The van der Waals surface area contributed by atoms with Crippen LogP contribution in [0, 0.1) is 0 Å². The lowest BCUT2D eigenvalue weighted by Crippen LogP contribution is -2.30. The number of hydrogen-bond donors (Lipinski definition) is 3. The molecule has 19 heteroatoms. The molecule has 5 atom stereocenters. The average molecular weight is 1590 g/mol. The normalized spacial score (nSPS) is 13.6. The predicted molar refractivity (Wildman–Crippen MR) is 451 cm³/mol. The highest BCUT2D eigenvalue weighted by atomic mass is 31.2. The van der Waals surface area contributed by atoms with Crippen molar-refractivity contribution in [3.05, 3.63) is 0 Å². The summed E-state index contributed by atoms with van der Waals surface area (Å²) in [7, 11) is -9.93. The fourth-order valence-electron chi connectivity index (χ4n) is 14.2. The van der Waals surface area contributed by atoms with E-state index in [2.05, 4.69) is 27.7 Å². The van der Waals surface area contributed by atoms with Crippen molar-refractivity contribution in [1.82, 2.24) is 0 Å². The van der Waals surface area contributed by atoms with Gasteiger partial charge in [0.1, 0.15) is 19.3 Å². The zero-order valence-electron chi connectivity index (χ0n) is 71.5. The number of carbonyl (C=O) groups is 4. The van der Waals surface area contributed by atoms with Crippen molar-refractivity contribution in [2.75, 3.05) is 39.6 Å². The van der Waals surface area contributed by atoms with Gasteiger partial charge in [-0.2, -0.15) is 0 Å². The molecule has 0 aliphatic heterocycles. The quantitative estimate of drug-likeness (QED) is 0.0222. The van der Waals surface area contributed by atoms with Gasteiger partial charge in [-0.1, -0.05) is 445 Å². The molecule has 0 aliphatic rings. The van der Waals surface area contributed by atoms with Gasteiger partial charge in [0.05, 0.1) is 26.4 Å². The standard InChI is InChI=1S/C90H176O17P2/c1-5-9-13-17-21-25-29-33-36-38-40-42-44-46-48-50-53-57-61-65-69-73-77-90(95)107-86(81-101-88(93)75-71-67-63-59-55-52-49-47-45-43-41-39-37-34-30-26-22-18-14-10-6-2)83-105-109(98,99)103-79-84(91)78-102-108(96,97)104-82-85(80-100-87(92)74-70-66-62-58-54-32-28-24-20-16-12-8-4)106-89(94)76-72-68-64-60-56-51-35-31-27-23-19-15-11-7-3/h84-86,91H,5-83H2,1-4H3,(H,96,97)(H,98,99)/t84-,85+,86+/m0/s1. The molecular weight excluding hydrogens is 1410 g/mol. The summed E-state index contributed by atoms with van der Waals surface area (Å²) in [4.78, 5) is 73.4. The maximum absolute atomic E-state index is 13.2. The molecule has 17 nitrogen and oxygen atoms in total. The molecule has 0 fully saturated rings. The van der Waals surface area contributed by atoms with Gasteiger partial charge in [-0.25, -0.2) is 9.13 Å². The number of esters is 4. The molecule has 0 aliphatic carbocycles. The molecule has 0 radical (unpaired) electrons. The van der Waals surface area contributed by atoms with Gasteiger partial charge in [0.15, 0.2) is 12.2 Å². The van der Waals surface area contributed by atoms with Gasteiger partial charge in [0.25, 0.3) is 0 Å². The lowest BCUT2D eigenvalue weighted by Gasteiger charge is -2.21. The summed E-state index contributed by atoms with van der Waals surface area (Å²) in [5, 5.41) is 10.7. The Labute approximate surface area is 670 Å². The summed E-state index contributed by atoms with van der Waals surface area (Å²) in [6, 6.07) is 0. The minimum Gasteiger partial charge on any atom is -0.462 e. The molecule has 2 unspecified atom stereocenters. The summed E-state index contributed by atoms with van der Waals surface area (Å²) >= 11 is 0. The van der Waals surface area contributed by atoms with Crippen molar-refractivity contribution in [1.29, 1.82) is 0 Å². The molecule has 0 saturated heterocycles. The topological polar surface area (TPSA) is 237 Å². The predicted octanol–water partition coefficient (Wildman–Crippen LogP) is 28.1. The zero-order valence-corrected chi connectivity index (χ0v) is 73.3. The number of phosphoric ester groups is 2. The Bertz CT molecular complexity index is 2050. The monoisotopic (exact) mass is 1590 g/mol. The third-order valence-electron chi connectivity index (χ3n) is 21.4. The Morgan fingerprint density at radius 3 is 0.541 bits per heavy atom. The fraction of sp³-hybridized carbons (Fsp3) is 0.956. The number of phosphoric acid groups is 2. The molecular formula is C90H176O17P2. The smallest absolute Gasteiger partial charge is 0.462 e. The SMILES string of the molecule is CCCCCCCCCCCCCCCCCCCCCCCCC(=O)O[C@H](COC(=O)CCCCCCCCCCCCCCCCCCCCCCC)COP(=O)(O)OC[C@@H](O)COP(=O)(O)OC[C@@H](COC(=O)CCCCCCCCCCCCCC)OC(=O)CCCCCCCCCCCCCCCC. The zero-order chi connectivity index (χ0) is 79.6. The number of aliphatic hydroxyl groups is 1. The van der Waals surface area contributed by atoms with Gasteiger partial charge in [-0.3, -0.25) is 37.3 Å². The minimum atomic E-state index is -4.97. The van der Waals surface area contributed by atoms with Gasteiger partial charge in [0.2, 0.25) is 0 Å². The van der Waals surface area contributed by atoms with E-state index >= 15 is 0 Å². The first-order valence-electron chi connectivity index (χ1n) is 46.8. The molecule has 0 aromatic heterocycles. The second-order valence-electron chi connectivity index (χ2n) is 32.3. The molecule has 0 aromatic carbocycles. The van der Waals surface area contributed by atoms with E-state index in [1.165, 1.54) is 327 Å². The number of unbranched alkanes of at least 4 members (excludes halogenated alkanes) is 65. The van der Waals surface area contributed by atoms with Crippen LogP contribution in [0.2, 0.25) is 0 Å². The molecule has 0 bridgehead atoms.